The molecule has 2 heterocycles. The van der Waals surface area contributed by atoms with Gasteiger partial charge < -0.3 is 10.6 Å². The van der Waals surface area contributed by atoms with Gasteiger partial charge in [0, 0.05) is 22.9 Å². The molecule has 0 saturated heterocycles. The van der Waals surface area contributed by atoms with E-state index in [0.29, 0.717) is 22.0 Å². The Hall–Kier alpha value is -2.22. The predicted octanol–water partition coefficient (Wildman–Crippen LogP) is 4.52. The molecule has 1 aliphatic rings. The number of carbonyl (C=O) groups excluding carboxylic acids is 2. The molecule has 0 atom stereocenters. The maximum absolute atomic E-state index is 12.4. The maximum atomic E-state index is 12.4. The Morgan fingerprint density at radius 1 is 1.21 bits per heavy atom. The standard InChI is InChI=1S/C20H18ClN3O2S2/c21-13-3-1-2-12(8-13)9-18-22-15(11-28-18)10-17(25)24-20-16(6-7-27-20)19(26)23-14-4-5-14/h1-3,6-8,11,14H,4-5,9-10H2,(H,23,26)(H,24,25). The van der Waals surface area contributed by atoms with Crippen LogP contribution in [0, 0.1) is 0 Å². The number of hydrogen-bond donors (Lipinski definition) is 2. The number of nitrogens with zero attached hydrogens (tertiary/aromatic N) is 1. The first-order chi connectivity index (χ1) is 13.6. The highest BCUT2D eigenvalue weighted by Crippen LogP contribution is 2.26. The van der Waals surface area contributed by atoms with Gasteiger partial charge in [-0.1, -0.05) is 23.7 Å². The van der Waals surface area contributed by atoms with E-state index in [4.69, 9.17) is 11.6 Å². The van der Waals surface area contributed by atoms with E-state index in [-0.39, 0.29) is 24.3 Å². The van der Waals surface area contributed by atoms with Gasteiger partial charge in [0.15, 0.2) is 0 Å². The van der Waals surface area contributed by atoms with E-state index in [0.717, 1.165) is 29.1 Å². The Balaban J connectivity index is 1.35. The minimum Gasteiger partial charge on any atom is -0.349 e. The van der Waals surface area contributed by atoms with Gasteiger partial charge in [0.1, 0.15) is 5.00 Å². The summed E-state index contributed by atoms with van der Waals surface area (Å²) in [4.78, 5) is 29.2. The van der Waals surface area contributed by atoms with E-state index in [1.807, 2.05) is 35.0 Å². The summed E-state index contributed by atoms with van der Waals surface area (Å²) in [6, 6.07) is 9.70. The number of aromatic nitrogens is 1. The van der Waals surface area contributed by atoms with Crippen molar-refractivity contribution in [2.24, 2.45) is 0 Å². The Morgan fingerprint density at radius 3 is 2.86 bits per heavy atom. The SMILES string of the molecule is O=C(Cc1csc(Cc2cccc(Cl)c2)n1)Nc1sccc1C(=O)NC1CC1. The number of thiophene rings is 1. The number of anilines is 1. The van der Waals surface area contributed by atoms with Gasteiger partial charge in [-0.25, -0.2) is 4.98 Å². The molecule has 0 bridgehead atoms. The largest absolute Gasteiger partial charge is 0.349 e. The zero-order valence-electron chi connectivity index (χ0n) is 14.9. The lowest BCUT2D eigenvalue weighted by Crippen LogP contribution is -2.26. The minimum atomic E-state index is -0.178. The number of hydrogen-bond acceptors (Lipinski definition) is 5. The van der Waals surface area contributed by atoms with Crippen molar-refractivity contribution in [2.45, 2.75) is 31.7 Å². The van der Waals surface area contributed by atoms with Crippen molar-refractivity contribution in [3.8, 4) is 0 Å². The van der Waals surface area contributed by atoms with Gasteiger partial charge in [0.25, 0.3) is 5.91 Å². The van der Waals surface area contributed by atoms with Gasteiger partial charge in [-0.05, 0) is 42.0 Å². The molecule has 0 radical (unpaired) electrons. The number of carbonyl (C=O) groups is 2. The lowest BCUT2D eigenvalue weighted by Gasteiger charge is -2.06. The smallest absolute Gasteiger partial charge is 0.254 e. The molecule has 0 aliphatic heterocycles. The first-order valence-corrected chi connectivity index (χ1v) is 11.1. The fourth-order valence-corrected chi connectivity index (χ4v) is 4.59. The number of benzene rings is 1. The molecule has 144 valence electrons. The molecule has 2 N–H and O–H groups in total. The molecule has 5 nitrogen and oxygen atoms in total. The molecule has 1 aliphatic carbocycles. The second kappa shape index (κ2) is 8.43. The zero-order valence-corrected chi connectivity index (χ0v) is 17.3. The van der Waals surface area contributed by atoms with Crippen molar-refractivity contribution in [1.82, 2.24) is 10.3 Å². The highest BCUT2D eigenvalue weighted by Gasteiger charge is 2.25. The van der Waals surface area contributed by atoms with Gasteiger partial charge in [0.2, 0.25) is 5.91 Å². The first-order valence-electron chi connectivity index (χ1n) is 8.93. The summed E-state index contributed by atoms with van der Waals surface area (Å²) in [6.07, 6.45) is 2.91. The van der Waals surface area contributed by atoms with Crippen LogP contribution in [0.1, 0.15) is 39.5 Å². The van der Waals surface area contributed by atoms with Crippen molar-refractivity contribution in [2.75, 3.05) is 5.32 Å². The topological polar surface area (TPSA) is 71.1 Å². The third kappa shape index (κ3) is 4.98. The van der Waals surface area contributed by atoms with Crippen LogP contribution in [0.3, 0.4) is 0 Å². The minimum absolute atomic E-state index is 0.128. The van der Waals surface area contributed by atoms with Crippen LogP contribution in [-0.2, 0) is 17.6 Å². The number of thiazole rings is 1. The molecule has 1 fully saturated rings. The van der Waals surface area contributed by atoms with Crippen LogP contribution >= 0.6 is 34.3 Å². The van der Waals surface area contributed by atoms with Crippen LogP contribution in [0.25, 0.3) is 0 Å². The van der Waals surface area contributed by atoms with E-state index in [1.54, 1.807) is 6.07 Å². The fraction of sp³-hybridized carbons (Fsp3) is 0.250. The predicted molar refractivity (Wildman–Crippen MR) is 114 cm³/mol. The van der Waals surface area contributed by atoms with E-state index in [1.165, 1.54) is 22.7 Å². The van der Waals surface area contributed by atoms with Crippen molar-refractivity contribution in [1.29, 1.82) is 0 Å². The van der Waals surface area contributed by atoms with E-state index >= 15 is 0 Å². The third-order valence-electron chi connectivity index (χ3n) is 4.26. The van der Waals surface area contributed by atoms with Crippen LogP contribution in [0.5, 0.6) is 0 Å². The Bertz CT molecular complexity index is 1010. The van der Waals surface area contributed by atoms with Crippen LogP contribution in [-0.4, -0.2) is 22.8 Å². The Labute approximate surface area is 175 Å². The molecule has 2 aromatic heterocycles. The van der Waals surface area contributed by atoms with Crippen molar-refractivity contribution >= 4 is 51.1 Å². The summed E-state index contributed by atoms with van der Waals surface area (Å²) < 4.78 is 0. The summed E-state index contributed by atoms with van der Waals surface area (Å²) >= 11 is 8.90. The van der Waals surface area contributed by atoms with Gasteiger partial charge in [-0.2, -0.15) is 0 Å². The third-order valence-corrected chi connectivity index (χ3v) is 6.22. The second-order valence-electron chi connectivity index (χ2n) is 6.68. The van der Waals surface area contributed by atoms with Crippen LogP contribution in [0.15, 0.2) is 41.1 Å². The molecule has 3 aromatic rings. The summed E-state index contributed by atoms with van der Waals surface area (Å²) in [6.45, 7) is 0. The molecule has 0 spiro atoms. The normalized spacial score (nSPS) is 13.3. The van der Waals surface area contributed by atoms with Crippen molar-refractivity contribution < 1.29 is 9.59 Å². The average Bonchev–Trinajstić information content (AvgIpc) is 3.16. The van der Waals surface area contributed by atoms with Crippen LogP contribution in [0.4, 0.5) is 5.00 Å². The van der Waals surface area contributed by atoms with E-state index in [9.17, 15) is 9.59 Å². The van der Waals surface area contributed by atoms with Gasteiger partial charge >= 0.3 is 0 Å². The maximum Gasteiger partial charge on any atom is 0.254 e. The molecule has 2 amide bonds. The molecule has 4 rings (SSSR count). The van der Waals surface area contributed by atoms with Crippen molar-refractivity contribution in [3.05, 3.63) is 67.9 Å². The number of rotatable bonds is 7. The summed E-state index contributed by atoms with van der Waals surface area (Å²) in [5.41, 5.74) is 2.33. The van der Waals surface area contributed by atoms with Crippen LogP contribution < -0.4 is 10.6 Å². The summed E-state index contributed by atoms with van der Waals surface area (Å²) in [7, 11) is 0. The number of nitrogens with one attached hydrogen (secondary N) is 2. The van der Waals surface area contributed by atoms with E-state index in [2.05, 4.69) is 15.6 Å². The summed E-state index contributed by atoms with van der Waals surface area (Å²) in [5, 5.41) is 11.7. The molecule has 28 heavy (non-hydrogen) atoms. The average molecular weight is 432 g/mol. The van der Waals surface area contributed by atoms with Gasteiger partial charge in [-0.3, -0.25) is 9.59 Å². The molecule has 8 heteroatoms. The molecule has 1 aromatic carbocycles. The fourth-order valence-electron chi connectivity index (χ4n) is 2.74. The quantitative estimate of drug-likeness (QED) is 0.577. The molecule has 0 unspecified atom stereocenters. The van der Waals surface area contributed by atoms with E-state index < -0.39 is 0 Å². The molecular formula is C20H18ClN3O2S2. The number of halogens is 1. The highest BCUT2D eigenvalue weighted by atomic mass is 35.5. The van der Waals surface area contributed by atoms with Crippen molar-refractivity contribution in [3.63, 3.8) is 0 Å². The first kappa shape index (κ1) is 19.1. The number of amides is 2. The molecule has 1 saturated carbocycles. The zero-order chi connectivity index (χ0) is 19.5. The second-order valence-corrected chi connectivity index (χ2v) is 8.97. The molecular weight excluding hydrogens is 414 g/mol. The summed E-state index contributed by atoms with van der Waals surface area (Å²) in [5.74, 6) is -0.306. The lowest BCUT2D eigenvalue weighted by molar-refractivity contribution is -0.115. The van der Waals surface area contributed by atoms with Gasteiger partial charge in [0.05, 0.1) is 22.7 Å². The Kier molecular flexibility index (Phi) is 5.75. The lowest BCUT2D eigenvalue weighted by atomic mass is 10.2. The van der Waals surface area contributed by atoms with Crippen LogP contribution in [0.2, 0.25) is 5.02 Å². The Morgan fingerprint density at radius 2 is 2.07 bits per heavy atom. The highest BCUT2D eigenvalue weighted by molar-refractivity contribution is 7.14. The monoisotopic (exact) mass is 431 g/mol. The van der Waals surface area contributed by atoms with Gasteiger partial charge in [-0.15, -0.1) is 22.7 Å².